The lowest BCUT2D eigenvalue weighted by molar-refractivity contribution is -0.160. The number of aliphatic hydroxyl groups excluding tert-OH is 4. The Bertz CT molecular complexity index is 162. The fraction of sp³-hybridized carbons (Fsp3) is 1.00. The summed E-state index contributed by atoms with van der Waals surface area (Å²) in [5.41, 5.74) is 0. The molecule has 0 unspecified atom stereocenters. The second kappa shape index (κ2) is 3.89. The summed E-state index contributed by atoms with van der Waals surface area (Å²) in [7, 11) is 1.70. The molecule has 5 heteroatoms. The summed E-state index contributed by atoms with van der Waals surface area (Å²) < 4.78 is 0. The Morgan fingerprint density at radius 1 is 1.08 bits per heavy atom. The minimum atomic E-state index is -1.18. The molecule has 0 aromatic heterocycles. The van der Waals surface area contributed by atoms with Crippen molar-refractivity contribution in [1.82, 2.24) is 4.90 Å². The molecular weight excluding hydrogens is 174 g/mol. The number of piperidine rings is 1. The SMILES string of the molecule is C[C@@H]1[C@H](O)[C@@H](O)[C@H](O)[C@@H](CO)N1C. The van der Waals surface area contributed by atoms with Crippen molar-refractivity contribution in [2.45, 2.75) is 37.3 Å². The highest BCUT2D eigenvalue weighted by atomic mass is 16.4. The summed E-state index contributed by atoms with van der Waals surface area (Å²) in [5.74, 6) is 0. The molecule has 5 atom stereocenters. The molecule has 4 N–H and O–H groups in total. The molecule has 0 saturated carbocycles. The van der Waals surface area contributed by atoms with Crippen LogP contribution >= 0.6 is 0 Å². The van der Waals surface area contributed by atoms with E-state index in [4.69, 9.17) is 5.11 Å². The molecule has 0 radical (unpaired) electrons. The topological polar surface area (TPSA) is 84.2 Å². The van der Waals surface area contributed by atoms with Crippen LogP contribution in [0.5, 0.6) is 0 Å². The molecule has 0 bridgehead atoms. The van der Waals surface area contributed by atoms with Crippen LogP contribution in [0.15, 0.2) is 0 Å². The number of nitrogens with zero attached hydrogens (tertiary/aromatic N) is 1. The van der Waals surface area contributed by atoms with Crippen LogP contribution < -0.4 is 0 Å². The molecule has 1 saturated heterocycles. The van der Waals surface area contributed by atoms with E-state index in [0.29, 0.717) is 0 Å². The van der Waals surface area contributed by atoms with Crippen molar-refractivity contribution in [3.63, 3.8) is 0 Å². The van der Waals surface area contributed by atoms with Crippen LogP contribution in [-0.4, -0.2) is 69.4 Å². The summed E-state index contributed by atoms with van der Waals surface area (Å²) in [6.07, 6.45) is -3.24. The van der Waals surface area contributed by atoms with Gasteiger partial charge in [-0.15, -0.1) is 0 Å². The first-order valence-corrected chi connectivity index (χ1v) is 4.37. The molecule has 0 aromatic rings. The monoisotopic (exact) mass is 191 g/mol. The summed E-state index contributed by atoms with van der Waals surface area (Å²) in [6, 6.07) is -0.774. The maximum Gasteiger partial charge on any atom is 0.109 e. The predicted octanol–water partition coefficient (Wildman–Crippen LogP) is -2.24. The van der Waals surface area contributed by atoms with Gasteiger partial charge in [0.05, 0.1) is 18.8 Å². The van der Waals surface area contributed by atoms with Crippen molar-refractivity contribution in [3.8, 4) is 0 Å². The van der Waals surface area contributed by atoms with Crippen LogP contribution in [0.1, 0.15) is 6.92 Å². The number of hydrogen-bond acceptors (Lipinski definition) is 5. The van der Waals surface area contributed by atoms with Crippen LogP contribution in [0.4, 0.5) is 0 Å². The zero-order chi connectivity index (χ0) is 10.2. The Kier molecular flexibility index (Phi) is 3.26. The average molecular weight is 191 g/mol. The van der Waals surface area contributed by atoms with Gasteiger partial charge in [0, 0.05) is 6.04 Å². The van der Waals surface area contributed by atoms with Crippen molar-refractivity contribution in [2.75, 3.05) is 13.7 Å². The molecule has 1 fully saturated rings. The lowest BCUT2D eigenvalue weighted by Crippen LogP contribution is -2.65. The highest BCUT2D eigenvalue weighted by molar-refractivity contribution is 4.97. The maximum absolute atomic E-state index is 9.48. The number of hydrogen-bond donors (Lipinski definition) is 4. The standard InChI is InChI=1S/C8H17NO4/c1-4-6(11)8(13)7(12)5(3-10)9(4)2/h4-8,10-13H,3H2,1-2H3/t4-,5-,6+,7-,8-/m1/s1. The normalized spacial score (nSPS) is 48.0. The van der Waals surface area contributed by atoms with E-state index in [9.17, 15) is 15.3 Å². The van der Waals surface area contributed by atoms with Gasteiger partial charge in [0.25, 0.3) is 0 Å². The van der Waals surface area contributed by atoms with Crippen LogP contribution in [0, 0.1) is 0 Å². The Balaban J connectivity index is 2.79. The van der Waals surface area contributed by atoms with E-state index in [-0.39, 0.29) is 12.6 Å². The first-order valence-electron chi connectivity index (χ1n) is 4.37. The third kappa shape index (κ3) is 1.70. The summed E-state index contributed by atoms with van der Waals surface area (Å²) in [6.45, 7) is 1.51. The van der Waals surface area contributed by atoms with Crippen LogP contribution in [0.25, 0.3) is 0 Å². The van der Waals surface area contributed by atoms with E-state index in [2.05, 4.69) is 0 Å². The number of likely N-dealkylation sites (tertiary alicyclic amines) is 1. The minimum absolute atomic E-state index is 0.230. The molecule has 78 valence electrons. The average Bonchev–Trinajstić information content (AvgIpc) is 2.13. The second-order valence-electron chi connectivity index (χ2n) is 3.63. The summed E-state index contributed by atoms with van der Waals surface area (Å²) in [4.78, 5) is 1.67. The highest BCUT2D eigenvalue weighted by Gasteiger charge is 2.43. The summed E-state index contributed by atoms with van der Waals surface area (Å²) in [5, 5.41) is 37.3. The van der Waals surface area contributed by atoms with Gasteiger partial charge in [-0.05, 0) is 14.0 Å². The molecule has 0 spiro atoms. The van der Waals surface area contributed by atoms with E-state index in [1.807, 2.05) is 0 Å². The highest BCUT2D eigenvalue weighted by Crippen LogP contribution is 2.22. The molecule has 1 rings (SSSR count). The van der Waals surface area contributed by atoms with Crippen LogP contribution in [0.2, 0.25) is 0 Å². The largest absolute Gasteiger partial charge is 0.395 e. The van der Waals surface area contributed by atoms with E-state index in [1.165, 1.54) is 0 Å². The maximum atomic E-state index is 9.48. The Morgan fingerprint density at radius 3 is 2.08 bits per heavy atom. The van der Waals surface area contributed by atoms with Crippen LogP contribution in [-0.2, 0) is 0 Å². The number of rotatable bonds is 1. The molecule has 5 nitrogen and oxygen atoms in total. The van der Waals surface area contributed by atoms with Crippen molar-refractivity contribution >= 4 is 0 Å². The van der Waals surface area contributed by atoms with E-state index in [0.717, 1.165) is 0 Å². The fourth-order valence-electron chi connectivity index (χ4n) is 1.74. The van der Waals surface area contributed by atoms with Gasteiger partial charge in [-0.25, -0.2) is 0 Å². The zero-order valence-corrected chi connectivity index (χ0v) is 7.83. The van der Waals surface area contributed by atoms with E-state index in [1.54, 1.807) is 18.9 Å². The summed E-state index contributed by atoms with van der Waals surface area (Å²) >= 11 is 0. The molecule has 13 heavy (non-hydrogen) atoms. The number of aliphatic hydroxyl groups is 4. The van der Waals surface area contributed by atoms with Gasteiger partial charge in [0.1, 0.15) is 12.2 Å². The van der Waals surface area contributed by atoms with Crippen molar-refractivity contribution in [2.24, 2.45) is 0 Å². The number of likely N-dealkylation sites (N-methyl/N-ethyl adjacent to an activating group) is 1. The third-order valence-electron chi connectivity index (χ3n) is 2.94. The second-order valence-corrected chi connectivity index (χ2v) is 3.63. The van der Waals surface area contributed by atoms with E-state index < -0.39 is 24.4 Å². The zero-order valence-electron chi connectivity index (χ0n) is 7.83. The molecule has 0 aliphatic carbocycles. The Labute approximate surface area is 77.2 Å². The smallest absolute Gasteiger partial charge is 0.109 e. The molecule has 0 amide bonds. The van der Waals surface area contributed by atoms with Gasteiger partial charge >= 0.3 is 0 Å². The van der Waals surface area contributed by atoms with Crippen molar-refractivity contribution < 1.29 is 20.4 Å². The fourth-order valence-corrected chi connectivity index (χ4v) is 1.74. The Hall–Kier alpha value is -0.200. The van der Waals surface area contributed by atoms with E-state index >= 15 is 0 Å². The van der Waals surface area contributed by atoms with Gasteiger partial charge in [-0.2, -0.15) is 0 Å². The minimum Gasteiger partial charge on any atom is -0.395 e. The lowest BCUT2D eigenvalue weighted by Gasteiger charge is -2.45. The first-order chi connectivity index (χ1) is 6.00. The predicted molar refractivity (Wildman–Crippen MR) is 46.1 cm³/mol. The van der Waals surface area contributed by atoms with Crippen molar-refractivity contribution in [3.05, 3.63) is 0 Å². The van der Waals surface area contributed by atoms with Gasteiger partial charge in [-0.3, -0.25) is 4.90 Å². The van der Waals surface area contributed by atoms with Gasteiger partial charge in [-0.1, -0.05) is 0 Å². The van der Waals surface area contributed by atoms with Gasteiger partial charge in [0.2, 0.25) is 0 Å². The van der Waals surface area contributed by atoms with Crippen molar-refractivity contribution in [1.29, 1.82) is 0 Å². The Morgan fingerprint density at radius 2 is 1.62 bits per heavy atom. The van der Waals surface area contributed by atoms with Gasteiger partial charge in [0.15, 0.2) is 0 Å². The van der Waals surface area contributed by atoms with Gasteiger partial charge < -0.3 is 20.4 Å². The first kappa shape index (κ1) is 10.9. The molecule has 1 heterocycles. The molecule has 1 aliphatic heterocycles. The quantitative estimate of drug-likeness (QED) is 0.377. The molecular formula is C8H17NO4. The lowest BCUT2D eigenvalue weighted by atomic mass is 9.89. The van der Waals surface area contributed by atoms with Crippen LogP contribution in [0.3, 0.4) is 0 Å². The molecule has 0 aromatic carbocycles. The molecule has 1 aliphatic rings. The third-order valence-corrected chi connectivity index (χ3v) is 2.94.